The van der Waals surface area contributed by atoms with E-state index in [0.29, 0.717) is 13.2 Å². The molecular formula is C12H18N4O2. The number of amides is 1. The SMILES string of the molecule is CNC(=O)[C@]1(C)CN(c2cc(C)ncn2)CCO1. The molecule has 1 saturated heterocycles. The van der Waals surface area contributed by atoms with Crippen LogP contribution in [-0.2, 0) is 9.53 Å². The van der Waals surface area contributed by atoms with Gasteiger partial charge in [0.1, 0.15) is 12.1 Å². The van der Waals surface area contributed by atoms with Crippen molar-refractivity contribution < 1.29 is 9.53 Å². The van der Waals surface area contributed by atoms with Gasteiger partial charge in [-0.2, -0.15) is 0 Å². The molecule has 0 bridgehead atoms. The topological polar surface area (TPSA) is 67.4 Å². The number of nitrogens with zero attached hydrogens (tertiary/aromatic N) is 3. The van der Waals surface area contributed by atoms with Gasteiger partial charge in [-0.05, 0) is 13.8 Å². The molecule has 1 atom stereocenters. The molecule has 6 heteroatoms. The maximum atomic E-state index is 11.8. The average Bonchev–Trinajstić information content (AvgIpc) is 2.38. The Morgan fingerprint density at radius 3 is 3.00 bits per heavy atom. The molecule has 1 aromatic heterocycles. The third-order valence-electron chi connectivity index (χ3n) is 3.10. The molecule has 0 aliphatic carbocycles. The molecule has 6 nitrogen and oxygen atoms in total. The summed E-state index contributed by atoms with van der Waals surface area (Å²) >= 11 is 0. The third kappa shape index (κ3) is 2.43. The molecule has 0 spiro atoms. The fourth-order valence-corrected chi connectivity index (χ4v) is 2.08. The smallest absolute Gasteiger partial charge is 0.253 e. The van der Waals surface area contributed by atoms with Crippen LogP contribution < -0.4 is 10.2 Å². The number of aryl methyl sites for hydroxylation is 1. The van der Waals surface area contributed by atoms with E-state index < -0.39 is 5.60 Å². The molecule has 0 saturated carbocycles. The van der Waals surface area contributed by atoms with Crippen LogP contribution in [0.25, 0.3) is 0 Å². The first-order valence-electron chi connectivity index (χ1n) is 5.95. The Balaban J connectivity index is 2.19. The Hall–Kier alpha value is -1.69. The highest BCUT2D eigenvalue weighted by Crippen LogP contribution is 2.22. The first-order chi connectivity index (χ1) is 8.55. The van der Waals surface area contributed by atoms with E-state index in [-0.39, 0.29) is 5.91 Å². The molecule has 1 aliphatic heterocycles. The number of morpholine rings is 1. The molecule has 1 fully saturated rings. The van der Waals surface area contributed by atoms with Crippen molar-refractivity contribution in [3.8, 4) is 0 Å². The van der Waals surface area contributed by atoms with Crippen molar-refractivity contribution in [1.29, 1.82) is 0 Å². The van der Waals surface area contributed by atoms with Gasteiger partial charge in [-0.25, -0.2) is 9.97 Å². The van der Waals surface area contributed by atoms with E-state index in [1.165, 1.54) is 6.33 Å². The minimum Gasteiger partial charge on any atom is -0.362 e. The molecule has 1 aromatic rings. The zero-order valence-corrected chi connectivity index (χ0v) is 10.9. The summed E-state index contributed by atoms with van der Waals surface area (Å²) in [6.45, 7) is 5.44. The zero-order valence-electron chi connectivity index (χ0n) is 10.9. The van der Waals surface area contributed by atoms with Gasteiger partial charge in [0.05, 0.1) is 13.2 Å². The van der Waals surface area contributed by atoms with Gasteiger partial charge in [0.25, 0.3) is 5.91 Å². The van der Waals surface area contributed by atoms with Crippen LogP contribution in [0.1, 0.15) is 12.6 Å². The largest absolute Gasteiger partial charge is 0.362 e. The van der Waals surface area contributed by atoms with Gasteiger partial charge in [0.15, 0.2) is 5.60 Å². The molecule has 98 valence electrons. The van der Waals surface area contributed by atoms with Crippen LogP contribution in [0.5, 0.6) is 0 Å². The number of carbonyl (C=O) groups excluding carboxylic acids is 1. The summed E-state index contributed by atoms with van der Waals surface area (Å²) in [6, 6.07) is 1.91. The van der Waals surface area contributed by atoms with Crippen LogP contribution >= 0.6 is 0 Å². The Morgan fingerprint density at radius 2 is 2.33 bits per heavy atom. The van der Waals surface area contributed by atoms with Crippen LogP contribution in [0.15, 0.2) is 12.4 Å². The van der Waals surface area contributed by atoms with Crippen LogP contribution in [0.4, 0.5) is 5.82 Å². The minimum absolute atomic E-state index is 0.113. The van der Waals surface area contributed by atoms with Crippen molar-refractivity contribution in [3.63, 3.8) is 0 Å². The van der Waals surface area contributed by atoms with Gasteiger partial charge >= 0.3 is 0 Å². The predicted octanol–water partition coefficient (Wildman–Crippen LogP) is 0.126. The Bertz CT molecular complexity index is 451. The number of likely N-dealkylation sites (N-methyl/N-ethyl adjacent to an activating group) is 1. The average molecular weight is 250 g/mol. The van der Waals surface area contributed by atoms with Gasteiger partial charge in [-0.1, -0.05) is 0 Å². The quantitative estimate of drug-likeness (QED) is 0.808. The summed E-state index contributed by atoms with van der Waals surface area (Å²) in [7, 11) is 1.62. The standard InChI is InChI=1S/C12H18N4O2/c1-9-6-10(15-8-14-9)16-4-5-18-12(2,7-16)11(17)13-3/h6,8H,4-5,7H2,1-3H3,(H,13,17)/t12-/m0/s1. The number of hydrogen-bond acceptors (Lipinski definition) is 5. The summed E-state index contributed by atoms with van der Waals surface area (Å²) in [5.74, 6) is 0.721. The number of hydrogen-bond donors (Lipinski definition) is 1. The van der Waals surface area contributed by atoms with Crippen LogP contribution in [0.3, 0.4) is 0 Å². The summed E-state index contributed by atoms with van der Waals surface area (Å²) in [4.78, 5) is 22.2. The lowest BCUT2D eigenvalue weighted by Crippen LogP contribution is -2.58. The fraction of sp³-hybridized carbons (Fsp3) is 0.583. The predicted molar refractivity (Wildman–Crippen MR) is 67.4 cm³/mol. The monoisotopic (exact) mass is 250 g/mol. The summed E-state index contributed by atoms with van der Waals surface area (Å²) in [6.07, 6.45) is 1.54. The molecule has 0 unspecified atom stereocenters. The van der Waals surface area contributed by atoms with Crippen LogP contribution in [0.2, 0.25) is 0 Å². The Kier molecular flexibility index (Phi) is 3.47. The summed E-state index contributed by atoms with van der Waals surface area (Å²) < 4.78 is 5.60. The van der Waals surface area contributed by atoms with Crippen molar-refractivity contribution in [2.75, 3.05) is 31.6 Å². The lowest BCUT2D eigenvalue weighted by molar-refractivity contribution is -0.145. The van der Waals surface area contributed by atoms with E-state index in [2.05, 4.69) is 15.3 Å². The normalized spacial score (nSPS) is 23.8. The number of aromatic nitrogens is 2. The molecule has 1 N–H and O–H groups in total. The van der Waals surface area contributed by atoms with E-state index in [1.807, 2.05) is 17.9 Å². The van der Waals surface area contributed by atoms with Gasteiger partial charge < -0.3 is 15.0 Å². The number of ether oxygens (including phenoxy) is 1. The van der Waals surface area contributed by atoms with Gasteiger partial charge in [0, 0.05) is 25.4 Å². The Morgan fingerprint density at radius 1 is 1.56 bits per heavy atom. The second-order valence-corrected chi connectivity index (χ2v) is 4.60. The molecule has 0 radical (unpaired) electrons. The maximum absolute atomic E-state index is 11.8. The summed E-state index contributed by atoms with van der Waals surface area (Å²) in [5, 5.41) is 2.64. The van der Waals surface area contributed by atoms with E-state index in [9.17, 15) is 4.79 Å². The van der Waals surface area contributed by atoms with E-state index >= 15 is 0 Å². The third-order valence-corrected chi connectivity index (χ3v) is 3.10. The number of rotatable bonds is 2. The zero-order chi connectivity index (χ0) is 13.2. The van der Waals surface area contributed by atoms with Gasteiger partial charge in [-0.3, -0.25) is 4.79 Å². The highest BCUT2D eigenvalue weighted by Gasteiger charge is 2.39. The second kappa shape index (κ2) is 4.89. The van der Waals surface area contributed by atoms with Crippen LogP contribution in [-0.4, -0.2) is 48.2 Å². The first-order valence-corrected chi connectivity index (χ1v) is 5.95. The molecule has 0 aromatic carbocycles. The number of nitrogens with one attached hydrogen (secondary N) is 1. The van der Waals surface area contributed by atoms with Crippen molar-refractivity contribution in [2.24, 2.45) is 0 Å². The Labute approximate surface area is 106 Å². The highest BCUT2D eigenvalue weighted by atomic mass is 16.5. The maximum Gasteiger partial charge on any atom is 0.253 e. The molecule has 1 aliphatic rings. The highest BCUT2D eigenvalue weighted by molar-refractivity contribution is 5.85. The minimum atomic E-state index is -0.828. The molecular weight excluding hydrogens is 232 g/mol. The fourth-order valence-electron chi connectivity index (χ4n) is 2.08. The van der Waals surface area contributed by atoms with Crippen molar-refractivity contribution >= 4 is 11.7 Å². The van der Waals surface area contributed by atoms with Gasteiger partial charge in [0.2, 0.25) is 0 Å². The van der Waals surface area contributed by atoms with E-state index in [1.54, 1.807) is 14.0 Å². The molecule has 18 heavy (non-hydrogen) atoms. The molecule has 2 rings (SSSR count). The van der Waals surface area contributed by atoms with Crippen molar-refractivity contribution in [3.05, 3.63) is 18.1 Å². The summed E-state index contributed by atoms with van der Waals surface area (Å²) in [5.41, 5.74) is 0.0828. The molecule has 2 heterocycles. The van der Waals surface area contributed by atoms with Crippen LogP contribution in [0, 0.1) is 6.92 Å². The molecule has 1 amide bonds. The lowest BCUT2D eigenvalue weighted by atomic mass is 10.0. The first kappa shape index (κ1) is 12.8. The number of anilines is 1. The lowest BCUT2D eigenvalue weighted by Gasteiger charge is -2.39. The van der Waals surface area contributed by atoms with Crippen molar-refractivity contribution in [2.45, 2.75) is 19.4 Å². The van der Waals surface area contributed by atoms with E-state index in [0.717, 1.165) is 18.1 Å². The van der Waals surface area contributed by atoms with Gasteiger partial charge in [-0.15, -0.1) is 0 Å². The second-order valence-electron chi connectivity index (χ2n) is 4.60. The van der Waals surface area contributed by atoms with E-state index in [4.69, 9.17) is 4.74 Å². The van der Waals surface area contributed by atoms with Crippen molar-refractivity contribution in [1.82, 2.24) is 15.3 Å². The number of carbonyl (C=O) groups is 1.